The molecular formula is C20H22N4O3S2. The third-order valence-corrected chi connectivity index (χ3v) is 6.14. The molecule has 3 aromatic rings. The molecule has 0 saturated carbocycles. The maximum atomic E-state index is 12.2. The molecular weight excluding hydrogens is 408 g/mol. The number of benzene rings is 1. The van der Waals surface area contributed by atoms with Gasteiger partial charge >= 0.3 is 0 Å². The van der Waals surface area contributed by atoms with Crippen LogP contribution in [0.3, 0.4) is 0 Å². The van der Waals surface area contributed by atoms with Crippen LogP contribution in [0.4, 0.5) is 0 Å². The van der Waals surface area contributed by atoms with Crippen LogP contribution >= 0.6 is 23.1 Å². The average Bonchev–Trinajstić information content (AvgIpc) is 3.43. The van der Waals surface area contributed by atoms with E-state index in [1.54, 1.807) is 0 Å². The Balaban J connectivity index is 1.18. The van der Waals surface area contributed by atoms with Gasteiger partial charge in [-0.25, -0.2) is 0 Å². The molecule has 0 aliphatic carbocycles. The van der Waals surface area contributed by atoms with Crippen LogP contribution < -0.4 is 5.32 Å². The van der Waals surface area contributed by atoms with E-state index in [1.165, 1.54) is 28.7 Å². The van der Waals surface area contributed by atoms with E-state index in [0.29, 0.717) is 24.3 Å². The van der Waals surface area contributed by atoms with Gasteiger partial charge in [-0.05, 0) is 17.0 Å². The molecule has 1 atom stereocenters. The van der Waals surface area contributed by atoms with Crippen molar-refractivity contribution in [2.45, 2.75) is 17.9 Å². The Morgan fingerprint density at radius 1 is 1.24 bits per heavy atom. The Hall–Kier alpha value is -2.20. The molecule has 0 unspecified atom stereocenters. The number of hydrogen-bond acceptors (Lipinski definition) is 8. The molecule has 3 heterocycles. The van der Waals surface area contributed by atoms with Crippen molar-refractivity contribution < 1.29 is 13.9 Å². The molecule has 2 aromatic heterocycles. The first kappa shape index (κ1) is 20.1. The quantitative estimate of drug-likeness (QED) is 0.551. The predicted octanol–water partition coefficient (Wildman–Crippen LogP) is 2.91. The molecule has 29 heavy (non-hydrogen) atoms. The summed E-state index contributed by atoms with van der Waals surface area (Å²) in [5.41, 5.74) is 1.29. The van der Waals surface area contributed by atoms with Crippen molar-refractivity contribution in [3.63, 3.8) is 0 Å². The Morgan fingerprint density at radius 3 is 2.97 bits per heavy atom. The number of thioether (sulfide) groups is 1. The Morgan fingerprint density at radius 2 is 2.14 bits per heavy atom. The van der Waals surface area contributed by atoms with E-state index in [1.807, 2.05) is 23.6 Å². The van der Waals surface area contributed by atoms with Gasteiger partial charge in [-0.3, -0.25) is 9.69 Å². The zero-order valence-electron chi connectivity index (χ0n) is 15.8. The first-order chi connectivity index (χ1) is 14.3. The molecule has 1 N–H and O–H groups in total. The van der Waals surface area contributed by atoms with Crippen LogP contribution in [0.2, 0.25) is 0 Å². The smallest absolute Gasteiger partial charge is 0.277 e. The number of aromatic nitrogens is 2. The van der Waals surface area contributed by atoms with E-state index in [4.69, 9.17) is 9.15 Å². The second-order valence-corrected chi connectivity index (χ2v) is 8.53. The number of thiophene rings is 1. The topological polar surface area (TPSA) is 80.5 Å². The lowest BCUT2D eigenvalue weighted by Crippen LogP contribution is -2.47. The fraction of sp³-hybridized carbons (Fsp3) is 0.350. The van der Waals surface area contributed by atoms with Crippen molar-refractivity contribution in [1.82, 2.24) is 20.4 Å². The number of hydrogen-bond donors (Lipinski definition) is 1. The molecule has 1 aliphatic rings. The van der Waals surface area contributed by atoms with Crippen LogP contribution in [0.15, 0.2) is 57.5 Å². The molecule has 152 valence electrons. The van der Waals surface area contributed by atoms with Gasteiger partial charge < -0.3 is 14.5 Å². The lowest BCUT2D eigenvalue weighted by Gasteiger charge is -2.33. The van der Waals surface area contributed by atoms with Crippen molar-refractivity contribution in [3.8, 4) is 10.8 Å². The number of ether oxygens (including phenoxy) is 1. The third kappa shape index (κ3) is 5.89. The van der Waals surface area contributed by atoms with Gasteiger partial charge in [0.2, 0.25) is 5.91 Å². The number of rotatable bonds is 8. The number of nitrogens with zero attached hydrogens (tertiary/aromatic N) is 3. The van der Waals surface area contributed by atoms with Gasteiger partial charge in [-0.2, -0.15) is 0 Å². The van der Waals surface area contributed by atoms with Gasteiger partial charge in [-0.15, -0.1) is 21.5 Å². The van der Waals surface area contributed by atoms with Gasteiger partial charge in [0, 0.05) is 26.2 Å². The van der Waals surface area contributed by atoms with Crippen molar-refractivity contribution in [2.24, 2.45) is 0 Å². The lowest BCUT2D eigenvalue weighted by atomic mass is 10.2. The number of amides is 1. The predicted molar refractivity (Wildman–Crippen MR) is 113 cm³/mol. The summed E-state index contributed by atoms with van der Waals surface area (Å²) in [7, 11) is 0. The highest BCUT2D eigenvalue weighted by atomic mass is 32.2. The standard InChI is InChI=1S/C20H22N4O3S2/c25-18(14-29-20-23-22-19(27-20)17-7-4-10-28-17)21-11-16-13-24(8-9-26-16)12-15-5-2-1-3-6-15/h1-7,10,16H,8-9,11-14H2,(H,21,25)/t16-/m0/s1. The van der Waals surface area contributed by atoms with Crippen molar-refractivity contribution in [2.75, 3.05) is 32.0 Å². The van der Waals surface area contributed by atoms with E-state index >= 15 is 0 Å². The van der Waals surface area contributed by atoms with E-state index in [-0.39, 0.29) is 17.8 Å². The van der Waals surface area contributed by atoms with E-state index in [9.17, 15) is 4.79 Å². The SMILES string of the molecule is O=C(CSc1nnc(-c2cccs2)o1)NC[C@H]1CN(Cc2ccccc2)CCO1. The Labute approximate surface area is 177 Å². The van der Waals surface area contributed by atoms with Crippen LogP contribution in [0.1, 0.15) is 5.56 Å². The molecule has 0 bridgehead atoms. The van der Waals surface area contributed by atoms with Gasteiger partial charge in [0.1, 0.15) is 0 Å². The summed E-state index contributed by atoms with van der Waals surface area (Å²) in [5, 5.41) is 13.3. The second kappa shape index (κ2) is 10.0. The summed E-state index contributed by atoms with van der Waals surface area (Å²) in [4.78, 5) is 15.5. The summed E-state index contributed by atoms with van der Waals surface area (Å²) in [6.45, 7) is 3.77. The minimum atomic E-state index is -0.0744. The first-order valence-electron chi connectivity index (χ1n) is 9.41. The fourth-order valence-corrected chi connectivity index (χ4v) is 4.30. The molecule has 1 saturated heterocycles. The molecule has 1 amide bonds. The zero-order chi connectivity index (χ0) is 19.9. The maximum absolute atomic E-state index is 12.2. The minimum absolute atomic E-state index is 0.00440. The second-order valence-electron chi connectivity index (χ2n) is 6.66. The first-order valence-corrected chi connectivity index (χ1v) is 11.3. The highest BCUT2D eigenvalue weighted by molar-refractivity contribution is 7.99. The van der Waals surface area contributed by atoms with Crippen LogP contribution in [0.25, 0.3) is 10.8 Å². The van der Waals surface area contributed by atoms with Crippen molar-refractivity contribution in [3.05, 3.63) is 53.4 Å². The van der Waals surface area contributed by atoms with E-state index in [0.717, 1.165) is 24.5 Å². The largest absolute Gasteiger partial charge is 0.410 e. The molecule has 7 nitrogen and oxygen atoms in total. The Kier molecular flexibility index (Phi) is 6.94. The van der Waals surface area contributed by atoms with E-state index in [2.05, 4.69) is 44.7 Å². The van der Waals surface area contributed by atoms with Crippen LogP contribution in [-0.2, 0) is 16.1 Å². The number of carbonyl (C=O) groups excluding carboxylic acids is 1. The number of nitrogens with one attached hydrogen (secondary N) is 1. The number of morpholine rings is 1. The molecule has 1 aromatic carbocycles. The molecule has 0 radical (unpaired) electrons. The molecule has 4 rings (SSSR count). The van der Waals surface area contributed by atoms with Crippen LogP contribution in [0.5, 0.6) is 0 Å². The van der Waals surface area contributed by atoms with Crippen molar-refractivity contribution >= 4 is 29.0 Å². The molecule has 1 aliphatic heterocycles. The monoisotopic (exact) mass is 430 g/mol. The molecule has 9 heteroatoms. The van der Waals surface area contributed by atoms with Gasteiger partial charge in [0.15, 0.2) is 0 Å². The highest BCUT2D eigenvalue weighted by Crippen LogP contribution is 2.26. The minimum Gasteiger partial charge on any atom is -0.410 e. The zero-order valence-corrected chi connectivity index (χ0v) is 17.5. The summed E-state index contributed by atoms with van der Waals surface area (Å²) >= 11 is 2.77. The van der Waals surface area contributed by atoms with Gasteiger partial charge in [0.25, 0.3) is 11.1 Å². The molecule has 1 fully saturated rings. The summed E-state index contributed by atoms with van der Waals surface area (Å²) in [5.74, 6) is 0.638. The summed E-state index contributed by atoms with van der Waals surface area (Å²) in [6.07, 6.45) is -0.00440. The third-order valence-electron chi connectivity index (χ3n) is 4.46. The summed E-state index contributed by atoms with van der Waals surface area (Å²) < 4.78 is 11.4. The van der Waals surface area contributed by atoms with Gasteiger partial charge in [-0.1, -0.05) is 48.2 Å². The summed E-state index contributed by atoms with van der Waals surface area (Å²) in [6, 6.07) is 14.2. The average molecular weight is 431 g/mol. The van der Waals surface area contributed by atoms with Crippen LogP contribution in [-0.4, -0.2) is 59.1 Å². The normalized spacial score (nSPS) is 17.3. The lowest BCUT2D eigenvalue weighted by molar-refractivity contribution is -0.119. The fourth-order valence-electron chi connectivity index (χ4n) is 3.06. The highest BCUT2D eigenvalue weighted by Gasteiger charge is 2.21. The van der Waals surface area contributed by atoms with Crippen molar-refractivity contribution in [1.29, 1.82) is 0 Å². The van der Waals surface area contributed by atoms with Crippen LogP contribution in [0, 0.1) is 0 Å². The molecule has 0 spiro atoms. The van der Waals surface area contributed by atoms with Gasteiger partial charge in [0.05, 0.1) is 23.3 Å². The number of carbonyl (C=O) groups is 1. The van der Waals surface area contributed by atoms with E-state index < -0.39 is 0 Å². The Bertz CT molecular complexity index is 902. The maximum Gasteiger partial charge on any atom is 0.277 e.